The fraction of sp³-hybridized carbons (Fsp3) is 0. The number of para-hydroxylation sites is 1. The van der Waals surface area contributed by atoms with Gasteiger partial charge in [-0.25, -0.2) is 4.21 Å². The molecule has 0 aliphatic heterocycles. The Balaban J connectivity index is 1.89. The Bertz CT molecular complexity index is 880. The highest BCUT2D eigenvalue weighted by molar-refractivity contribution is 7.85. The lowest BCUT2D eigenvalue weighted by Gasteiger charge is -2.10. The van der Waals surface area contributed by atoms with Gasteiger partial charge >= 0.3 is 0 Å². The number of rotatable bonds is 4. The molecule has 1 amide bonds. The lowest BCUT2D eigenvalue weighted by molar-refractivity contribution is 0.102. The minimum Gasteiger partial charge on any atom is -0.398 e. The number of anilines is 2. The summed E-state index contributed by atoms with van der Waals surface area (Å²) < 4.78 is 12.6. The van der Waals surface area contributed by atoms with E-state index in [4.69, 9.17) is 5.73 Å². The molecule has 24 heavy (non-hydrogen) atoms. The third kappa shape index (κ3) is 3.52. The van der Waals surface area contributed by atoms with E-state index < -0.39 is 10.8 Å². The number of hydrogen-bond donors (Lipinski definition) is 2. The van der Waals surface area contributed by atoms with Crippen LogP contribution in [0.1, 0.15) is 10.4 Å². The molecular formula is C19H16N2O2S. The smallest absolute Gasteiger partial charge is 0.257 e. The van der Waals surface area contributed by atoms with Gasteiger partial charge in [-0.2, -0.15) is 0 Å². The summed E-state index contributed by atoms with van der Waals surface area (Å²) in [5.41, 5.74) is 7.25. The summed E-state index contributed by atoms with van der Waals surface area (Å²) >= 11 is 0. The van der Waals surface area contributed by atoms with Crippen LogP contribution in [0.2, 0.25) is 0 Å². The quantitative estimate of drug-likeness (QED) is 0.714. The fourth-order valence-corrected chi connectivity index (χ4v) is 3.34. The van der Waals surface area contributed by atoms with Gasteiger partial charge in [-0.15, -0.1) is 0 Å². The minimum absolute atomic E-state index is 0.306. The molecule has 5 heteroatoms. The molecule has 0 aliphatic carbocycles. The number of amides is 1. The predicted octanol–water partition coefficient (Wildman–Crippen LogP) is 3.69. The third-order valence-corrected chi connectivity index (χ3v) is 4.85. The Morgan fingerprint density at radius 2 is 1.46 bits per heavy atom. The molecule has 3 aromatic carbocycles. The molecule has 0 aliphatic rings. The van der Waals surface area contributed by atoms with E-state index in [1.165, 1.54) is 0 Å². The standard InChI is InChI=1S/C19H16N2O2S/c20-18-12-11-16(24(23)15-9-5-2-6-10-15)13-17(18)19(22)21-14-7-3-1-4-8-14/h1-13H,20H2,(H,21,22). The van der Waals surface area contributed by atoms with E-state index in [-0.39, 0.29) is 5.91 Å². The van der Waals surface area contributed by atoms with Crippen LogP contribution in [0, 0.1) is 0 Å². The maximum atomic E-state index is 12.6. The maximum absolute atomic E-state index is 12.6. The van der Waals surface area contributed by atoms with Crippen molar-refractivity contribution in [1.29, 1.82) is 0 Å². The summed E-state index contributed by atoms with van der Waals surface area (Å²) in [6.07, 6.45) is 0. The summed E-state index contributed by atoms with van der Waals surface area (Å²) in [4.78, 5) is 13.7. The first kappa shape index (κ1) is 16.0. The summed E-state index contributed by atoms with van der Waals surface area (Å²) in [5.74, 6) is -0.328. The first-order valence-corrected chi connectivity index (χ1v) is 8.53. The molecule has 3 aromatic rings. The molecule has 0 heterocycles. The van der Waals surface area contributed by atoms with Crippen molar-refractivity contribution in [2.24, 2.45) is 0 Å². The average Bonchev–Trinajstić information content (AvgIpc) is 2.63. The first-order chi connectivity index (χ1) is 11.6. The monoisotopic (exact) mass is 336 g/mol. The van der Waals surface area contributed by atoms with Crippen LogP contribution in [0.15, 0.2) is 88.7 Å². The minimum atomic E-state index is -1.36. The van der Waals surface area contributed by atoms with Crippen LogP contribution in [0.25, 0.3) is 0 Å². The van der Waals surface area contributed by atoms with Crippen LogP contribution in [0.5, 0.6) is 0 Å². The fourth-order valence-electron chi connectivity index (χ4n) is 2.25. The van der Waals surface area contributed by atoms with Gasteiger partial charge in [0.1, 0.15) is 0 Å². The summed E-state index contributed by atoms with van der Waals surface area (Å²) in [7, 11) is -1.36. The van der Waals surface area contributed by atoms with Crippen molar-refractivity contribution in [3.8, 4) is 0 Å². The van der Waals surface area contributed by atoms with Crippen LogP contribution >= 0.6 is 0 Å². The number of carbonyl (C=O) groups is 1. The third-order valence-electron chi connectivity index (χ3n) is 3.47. The number of carbonyl (C=O) groups excluding carboxylic acids is 1. The SMILES string of the molecule is Nc1ccc(S(=O)c2ccccc2)cc1C(=O)Nc1ccccc1. The number of nitrogens with one attached hydrogen (secondary N) is 1. The van der Waals surface area contributed by atoms with E-state index in [1.807, 2.05) is 36.4 Å². The van der Waals surface area contributed by atoms with E-state index in [1.54, 1.807) is 42.5 Å². The van der Waals surface area contributed by atoms with Crippen molar-refractivity contribution in [1.82, 2.24) is 0 Å². The van der Waals surface area contributed by atoms with Crippen LogP contribution in [-0.2, 0) is 10.8 Å². The number of benzene rings is 3. The zero-order valence-corrected chi connectivity index (χ0v) is 13.6. The molecule has 0 radical (unpaired) electrons. The molecule has 0 saturated carbocycles. The average molecular weight is 336 g/mol. The largest absolute Gasteiger partial charge is 0.398 e. The topological polar surface area (TPSA) is 72.2 Å². The Hall–Kier alpha value is -2.92. The molecule has 0 spiro atoms. The zero-order chi connectivity index (χ0) is 16.9. The van der Waals surface area contributed by atoms with Crippen molar-refractivity contribution in [2.75, 3.05) is 11.1 Å². The first-order valence-electron chi connectivity index (χ1n) is 7.38. The molecule has 1 atom stereocenters. The summed E-state index contributed by atoms with van der Waals surface area (Å²) in [6.45, 7) is 0. The van der Waals surface area contributed by atoms with Gasteiger partial charge < -0.3 is 11.1 Å². The number of hydrogen-bond acceptors (Lipinski definition) is 3. The van der Waals surface area contributed by atoms with Gasteiger partial charge in [-0.05, 0) is 42.5 Å². The Morgan fingerprint density at radius 3 is 2.12 bits per heavy atom. The Morgan fingerprint density at radius 1 is 0.833 bits per heavy atom. The van der Waals surface area contributed by atoms with Crippen LogP contribution in [-0.4, -0.2) is 10.1 Å². The van der Waals surface area contributed by atoms with E-state index >= 15 is 0 Å². The predicted molar refractivity (Wildman–Crippen MR) is 96.4 cm³/mol. The molecule has 4 nitrogen and oxygen atoms in total. The number of nitrogen functional groups attached to an aromatic ring is 1. The number of nitrogens with two attached hydrogens (primary N) is 1. The molecule has 0 bridgehead atoms. The second-order valence-electron chi connectivity index (χ2n) is 5.15. The van der Waals surface area contributed by atoms with Crippen molar-refractivity contribution >= 4 is 28.1 Å². The summed E-state index contributed by atoms with van der Waals surface area (Å²) in [6, 6.07) is 23.1. The van der Waals surface area contributed by atoms with Gasteiger partial charge in [0.05, 0.1) is 16.4 Å². The maximum Gasteiger partial charge on any atom is 0.257 e. The van der Waals surface area contributed by atoms with Gasteiger partial charge in [-0.3, -0.25) is 4.79 Å². The molecule has 3 N–H and O–H groups in total. The van der Waals surface area contributed by atoms with Crippen molar-refractivity contribution in [3.05, 3.63) is 84.4 Å². The lowest BCUT2D eigenvalue weighted by atomic mass is 10.1. The Kier molecular flexibility index (Phi) is 4.72. The zero-order valence-electron chi connectivity index (χ0n) is 12.8. The second kappa shape index (κ2) is 7.10. The van der Waals surface area contributed by atoms with Crippen LogP contribution < -0.4 is 11.1 Å². The van der Waals surface area contributed by atoms with E-state index in [0.717, 1.165) is 0 Å². The molecule has 0 saturated heterocycles. The van der Waals surface area contributed by atoms with Gasteiger partial charge in [0.25, 0.3) is 5.91 Å². The lowest BCUT2D eigenvalue weighted by Crippen LogP contribution is -2.14. The van der Waals surface area contributed by atoms with E-state index in [9.17, 15) is 9.00 Å². The molecule has 3 rings (SSSR count). The normalized spacial score (nSPS) is 11.7. The molecule has 120 valence electrons. The van der Waals surface area contributed by atoms with Crippen molar-refractivity contribution in [2.45, 2.75) is 9.79 Å². The highest BCUT2D eigenvalue weighted by Gasteiger charge is 2.14. The van der Waals surface area contributed by atoms with Gasteiger partial charge in [0, 0.05) is 21.2 Å². The molecule has 1 unspecified atom stereocenters. The van der Waals surface area contributed by atoms with Crippen LogP contribution in [0.3, 0.4) is 0 Å². The van der Waals surface area contributed by atoms with Crippen molar-refractivity contribution < 1.29 is 9.00 Å². The molecule has 0 fully saturated rings. The van der Waals surface area contributed by atoms with Gasteiger partial charge in [-0.1, -0.05) is 36.4 Å². The van der Waals surface area contributed by atoms with Crippen molar-refractivity contribution in [3.63, 3.8) is 0 Å². The Labute approximate surface area is 142 Å². The van der Waals surface area contributed by atoms with E-state index in [2.05, 4.69) is 5.32 Å². The highest BCUT2D eigenvalue weighted by atomic mass is 32.2. The van der Waals surface area contributed by atoms with Gasteiger partial charge in [0.2, 0.25) is 0 Å². The summed E-state index contributed by atoms with van der Waals surface area (Å²) in [5, 5.41) is 2.79. The molecular weight excluding hydrogens is 320 g/mol. The second-order valence-corrected chi connectivity index (χ2v) is 6.63. The van der Waals surface area contributed by atoms with Gasteiger partial charge in [0.15, 0.2) is 0 Å². The van der Waals surface area contributed by atoms with Crippen LogP contribution in [0.4, 0.5) is 11.4 Å². The van der Waals surface area contributed by atoms with E-state index in [0.29, 0.717) is 26.7 Å². The highest BCUT2D eigenvalue weighted by Crippen LogP contribution is 2.22. The molecule has 0 aromatic heterocycles.